The summed E-state index contributed by atoms with van der Waals surface area (Å²) in [5.74, 6) is -0.380. The Morgan fingerprint density at radius 2 is 2.11 bits per heavy atom. The molecule has 0 fully saturated rings. The Bertz CT molecular complexity index is 395. The average molecular weight is 265 g/mol. The van der Waals surface area contributed by atoms with Gasteiger partial charge in [0.1, 0.15) is 6.61 Å². The van der Waals surface area contributed by atoms with Crippen molar-refractivity contribution in [3.05, 3.63) is 17.0 Å². The van der Waals surface area contributed by atoms with Gasteiger partial charge in [0.05, 0.1) is 17.9 Å². The second kappa shape index (κ2) is 5.85. The number of carbonyl (C=O) groups excluding carboxylic acids is 1. The van der Waals surface area contributed by atoms with Gasteiger partial charge in [-0.05, 0) is 13.8 Å². The summed E-state index contributed by atoms with van der Waals surface area (Å²) in [5.41, 5.74) is 1.56. The maximum Gasteiger partial charge on any atom is 0.411 e. The number of aromatic nitrogens is 2. The first kappa shape index (κ1) is 14.5. The molecule has 1 aromatic rings. The van der Waals surface area contributed by atoms with Gasteiger partial charge in [0, 0.05) is 12.2 Å². The minimum Gasteiger partial charge on any atom is -0.370 e. The number of hydrogen-bond acceptors (Lipinski definition) is 3. The van der Waals surface area contributed by atoms with Crippen molar-refractivity contribution >= 4 is 5.91 Å². The van der Waals surface area contributed by atoms with Gasteiger partial charge in [0.2, 0.25) is 0 Å². The van der Waals surface area contributed by atoms with Crippen LogP contribution in [0.2, 0.25) is 0 Å². The lowest BCUT2D eigenvalue weighted by Crippen LogP contribution is -2.29. The van der Waals surface area contributed by atoms with Crippen LogP contribution in [0.4, 0.5) is 13.2 Å². The molecule has 0 unspecified atom stereocenters. The zero-order chi connectivity index (χ0) is 13.8. The van der Waals surface area contributed by atoms with E-state index in [2.05, 4.69) is 20.3 Å². The third-order valence-corrected chi connectivity index (χ3v) is 2.15. The van der Waals surface area contributed by atoms with Crippen molar-refractivity contribution < 1.29 is 22.7 Å². The normalized spacial score (nSPS) is 11.6. The molecule has 1 heterocycles. The molecule has 0 aliphatic carbocycles. The minimum absolute atomic E-state index is 0.0129. The molecule has 0 bridgehead atoms. The summed E-state index contributed by atoms with van der Waals surface area (Å²) in [6.45, 7) is 1.86. The van der Waals surface area contributed by atoms with Crippen molar-refractivity contribution in [2.75, 3.05) is 19.8 Å². The van der Waals surface area contributed by atoms with Crippen LogP contribution in [-0.4, -0.2) is 42.0 Å². The summed E-state index contributed by atoms with van der Waals surface area (Å²) >= 11 is 0. The number of aromatic amines is 1. The van der Waals surface area contributed by atoms with Gasteiger partial charge in [-0.3, -0.25) is 9.89 Å². The highest BCUT2D eigenvalue weighted by molar-refractivity contribution is 5.96. The number of alkyl halides is 3. The molecule has 18 heavy (non-hydrogen) atoms. The fourth-order valence-corrected chi connectivity index (χ4v) is 1.40. The molecule has 0 aromatic carbocycles. The molecule has 1 aromatic heterocycles. The van der Waals surface area contributed by atoms with Crippen LogP contribution in [0.1, 0.15) is 21.7 Å². The molecule has 2 N–H and O–H groups in total. The zero-order valence-electron chi connectivity index (χ0n) is 10.0. The first-order valence-electron chi connectivity index (χ1n) is 5.25. The monoisotopic (exact) mass is 265 g/mol. The summed E-state index contributed by atoms with van der Waals surface area (Å²) in [5, 5.41) is 8.96. The molecule has 0 aliphatic heterocycles. The predicted molar refractivity (Wildman–Crippen MR) is 57.3 cm³/mol. The number of nitrogens with one attached hydrogen (secondary N) is 2. The van der Waals surface area contributed by atoms with Gasteiger partial charge in [-0.15, -0.1) is 0 Å². The van der Waals surface area contributed by atoms with Crippen molar-refractivity contribution in [2.24, 2.45) is 0 Å². The van der Waals surface area contributed by atoms with E-state index in [0.29, 0.717) is 17.0 Å². The van der Waals surface area contributed by atoms with Gasteiger partial charge < -0.3 is 10.1 Å². The lowest BCUT2D eigenvalue weighted by molar-refractivity contribution is -0.173. The van der Waals surface area contributed by atoms with Crippen molar-refractivity contribution in [2.45, 2.75) is 20.0 Å². The molecule has 0 atom stereocenters. The number of nitrogens with zero attached hydrogens (tertiary/aromatic N) is 1. The van der Waals surface area contributed by atoms with Crippen LogP contribution in [0.25, 0.3) is 0 Å². The average Bonchev–Trinajstić information content (AvgIpc) is 2.56. The van der Waals surface area contributed by atoms with Gasteiger partial charge in [-0.2, -0.15) is 18.3 Å². The highest BCUT2D eigenvalue weighted by Gasteiger charge is 2.27. The van der Waals surface area contributed by atoms with Crippen molar-refractivity contribution in [1.82, 2.24) is 15.5 Å². The number of aryl methyl sites for hydroxylation is 2. The molecule has 5 nitrogen and oxygen atoms in total. The second-order valence-corrected chi connectivity index (χ2v) is 3.73. The first-order chi connectivity index (χ1) is 8.31. The fraction of sp³-hybridized carbons (Fsp3) is 0.600. The summed E-state index contributed by atoms with van der Waals surface area (Å²) in [6.07, 6.45) is -4.35. The van der Waals surface area contributed by atoms with E-state index in [-0.39, 0.29) is 19.1 Å². The van der Waals surface area contributed by atoms with E-state index in [9.17, 15) is 18.0 Å². The molecule has 0 aliphatic rings. The maximum atomic E-state index is 11.7. The molecule has 1 amide bonds. The molecule has 0 radical (unpaired) electrons. The quantitative estimate of drug-likeness (QED) is 0.789. The van der Waals surface area contributed by atoms with Gasteiger partial charge in [-0.25, -0.2) is 0 Å². The van der Waals surface area contributed by atoms with E-state index < -0.39 is 12.8 Å². The van der Waals surface area contributed by atoms with E-state index in [1.54, 1.807) is 13.8 Å². The molecule has 8 heteroatoms. The van der Waals surface area contributed by atoms with Crippen LogP contribution in [-0.2, 0) is 4.74 Å². The fourth-order valence-electron chi connectivity index (χ4n) is 1.40. The Morgan fingerprint density at radius 1 is 1.44 bits per heavy atom. The Labute approximate surface area is 102 Å². The molecule has 102 valence electrons. The van der Waals surface area contributed by atoms with Crippen LogP contribution < -0.4 is 5.32 Å². The highest BCUT2D eigenvalue weighted by Crippen LogP contribution is 2.14. The van der Waals surface area contributed by atoms with Gasteiger partial charge in [-0.1, -0.05) is 0 Å². The highest BCUT2D eigenvalue weighted by atomic mass is 19.4. The summed E-state index contributed by atoms with van der Waals surface area (Å²) in [6, 6.07) is 0. The van der Waals surface area contributed by atoms with Crippen LogP contribution in [0.15, 0.2) is 0 Å². The van der Waals surface area contributed by atoms with Crippen LogP contribution in [0.5, 0.6) is 0 Å². The standard InChI is InChI=1S/C10H14F3N3O2/c1-6-8(7(2)16-15-6)9(17)14-3-4-18-5-10(11,12)13/h3-5H2,1-2H3,(H,14,17)(H,15,16). The molecular weight excluding hydrogens is 251 g/mol. The Morgan fingerprint density at radius 3 is 2.61 bits per heavy atom. The van der Waals surface area contributed by atoms with E-state index in [0.717, 1.165) is 0 Å². The van der Waals surface area contributed by atoms with Gasteiger partial charge in [0.25, 0.3) is 5.91 Å². The van der Waals surface area contributed by atoms with E-state index in [1.165, 1.54) is 0 Å². The van der Waals surface area contributed by atoms with Crippen LogP contribution in [0, 0.1) is 13.8 Å². The van der Waals surface area contributed by atoms with Crippen LogP contribution >= 0.6 is 0 Å². The number of rotatable bonds is 5. The zero-order valence-corrected chi connectivity index (χ0v) is 10.0. The largest absolute Gasteiger partial charge is 0.411 e. The number of hydrogen-bond donors (Lipinski definition) is 2. The van der Waals surface area contributed by atoms with Crippen molar-refractivity contribution in [3.63, 3.8) is 0 Å². The summed E-state index contributed by atoms with van der Waals surface area (Å²) < 4.78 is 39.6. The maximum absolute atomic E-state index is 11.7. The lowest BCUT2D eigenvalue weighted by atomic mass is 10.2. The number of H-pyrrole nitrogens is 1. The van der Waals surface area contributed by atoms with E-state index in [1.807, 2.05) is 0 Å². The first-order valence-corrected chi connectivity index (χ1v) is 5.25. The Balaban J connectivity index is 2.31. The smallest absolute Gasteiger partial charge is 0.370 e. The van der Waals surface area contributed by atoms with Crippen LogP contribution in [0.3, 0.4) is 0 Å². The molecule has 0 saturated heterocycles. The van der Waals surface area contributed by atoms with Crippen molar-refractivity contribution in [3.8, 4) is 0 Å². The number of carbonyl (C=O) groups is 1. The Kier molecular flexibility index (Phi) is 4.71. The third kappa shape index (κ3) is 4.36. The molecule has 0 spiro atoms. The van der Waals surface area contributed by atoms with E-state index in [4.69, 9.17) is 0 Å². The predicted octanol–water partition coefficient (Wildman–Crippen LogP) is 1.34. The number of ether oxygens (including phenoxy) is 1. The second-order valence-electron chi connectivity index (χ2n) is 3.73. The summed E-state index contributed by atoms with van der Waals surface area (Å²) in [7, 11) is 0. The lowest BCUT2D eigenvalue weighted by Gasteiger charge is -2.08. The SMILES string of the molecule is Cc1n[nH]c(C)c1C(=O)NCCOCC(F)(F)F. The molecule has 1 rings (SSSR count). The third-order valence-electron chi connectivity index (χ3n) is 2.15. The Hall–Kier alpha value is -1.57. The number of halogens is 3. The van der Waals surface area contributed by atoms with Gasteiger partial charge >= 0.3 is 6.18 Å². The molecular formula is C10H14F3N3O2. The summed E-state index contributed by atoms with van der Waals surface area (Å²) in [4.78, 5) is 11.7. The van der Waals surface area contributed by atoms with Crippen molar-refractivity contribution in [1.29, 1.82) is 0 Å². The topological polar surface area (TPSA) is 67.0 Å². The molecule has 0 saturated carbocycles. The number of amides is 1. The van der Waals surface area contributed by atoms with E-state index >= 15 is 0 Å². The minimum atomic E-state index is -4.35. The van der Waals surface area contributed by atoms with Gasteiger partial charge in [0.15, 0.2) is 0 Å².